The minimum absolute atomic E-state index is 0.322. The summed E-state index contributed by atoms with van der Waals surface area (Å²) in [5.74, 6) is 1.10. The van der Waals surface area contributed by atoms with Gasteiger partial charge < -0.3 is 0 Å². The summed E-state index contributed by atoms with van der Waals surface area (Å²) < 4.78 is 1.37. The van der Waals surface area contributed by atoms with Gasteiger partial charge in [-0.3, -0.25) is 5.32 Å². The predicted octanol–water partition coefficient (Wildman–Crippen LogP) is 3.65. The molecular formula is C13H18N2S2. The van der Waals surface area contributed by atoms with Crippen LogP contribution < -0.4 is 5.32 Å². The average molecular weight is 266 g/mol. The molecule has 0 bridgehead atoms. The Balaban J connectivity index is 1.67. The highest BCUT2D eigenvalue weighted by Crippen LogP contribution is 2.27. The molecule has 4 heteroatoms. The molecule has 0 amide bonds. The van der Waals surface area contributed by atoms with E-state index in [1.807, 2.05) is 18.7 Å². The van der Waals surface area contributed by atoms with Crippen molar-refractivity contribution < 1.29 is 0 Å². The largest absolute Gasteiger partial charge is 0.297 e. The first-order valence-corrected chi connectivity index (χ1v) is 7.94. The molecule has 92 valence electrons. The minimum atomic E-state index is -0.322. The second kappa shape index (κ2) is 5.90. The Labute approximate surface area is 111 Å². The predicted molar refractivity (Wildman–Crippen MR) is 74.5 cm³/mol. The van der Waals surface area contributed by atoms with Gasteiger partial charge >= 0.3 is 0 Å². The van der Waals surface area contributed by atoms with E-state index in [0.29, 0.717) is 6.04 Å². The summed E-state index contributed by atoms with van der Waals surface area (Å²) in [5.41, 5.74) is -0.322. The van der Waals surface area contributed by atoms with E-state index in [2.05, 4.69) is 28.9 Å². The van der Waals surface area contributed by atoms with E-state index < -0.39 is 0 Å². The Morgan fingerprint density at radius 3 is 3.06 bits per heavy atom. The number of thioether (sulfide) groups is 1. The maximum absolute atomic E-state index is 9.23. The van der Waals surface area contributed by atoms with Crippen LogP contribution in [-0.4, -0.2) is 17.3 Å². The smallest absolute Gasteiger partial charge is 0.104 e. The van der Waals surface area contributed by atoms with Crippen LogP contribution in [-0.2, 0) is 0 Å². The maximum atomic E-state index is 9.23. The summed E-state index contributed by atoms with van der Waals surface area (Å²) >= 11 is 3.68. The Morgan fingerprint density at radius 2 is 2.47 bits per heavy atom. The van der Waals surface area contributed by atoms with Crippen molar-refractivity contribution in [1.29, 1.82) is 5.26 Å². The summed E-state index contributed by atoms with van der Waals surface area (Å²) in [6.07, 6.45) is 4.51. The number of nitrogens with one attached hydrogen (secondary N) is 1. The highest BCUT2D eigenvalue weighted by atomic mass is 32.2. The van der Waals surface area contributed by atoms with E-state index in [0.717, 1.165) is 18.6 Å². The van der Waals surface area contributed by atoms with E-state index in [-0.39, 0.29) is 5.54 Å². The first-order valence-electron chi connectivity index (χ1n) is 6.07. The lowest BCUT2D eigenvalue weighted by Gasteiger charge is -2.22. The van der Waals surface area contributed by atoms with Crippen molar-refractivity contribution in [2.45, 2.75) is 48.4 Å². The van der Waals surface area contributed by atoms with Crippen LogP contribution in [0.2, 0.25) is 0 Å². The molecule has 2 nitrogen and oxygen atoms in total. The van der Waals surface area contributed by atoms with Gasteiger partial charge in [0.2, 0.25) is 0 Å². The van der Waals surface area contributed by atoms with Gasteiger partial charge in [-0.15, -0.1) is 23.1 Å². The fraction of sp³-hybridized carbons (Fsp3) is 0.615. The quantitative estimate of drug-likeness (QED) is 0.604. The fourth-order valence-corrected chi connectivity index (χ4v) is 3.58. The number of rotatable bonds is 7. The molecule has 1 saturated carbocycles. The number of hydrogen-bond donors (Lipinski definition) is 1. The maximum Gasteiger partial charge on any atom is 0.104 e. The van der Waals surface area contributed by atoms with Crippen LogP contribution in [0, 0.1) is 11.3 Å². The molecule has 1 atom stereocenters. The molecule has 1 heterocycles. The third-order valence-electron chi connectivity index (χ3n) is 2.91. The molecule has 1 aromatic rings. The van der Waals surface area contributed by atoms with E-state index in [1.54, 1.807) is 11.3 Å². The van der Waals surface area contributed by atoms with Gasteiger partial charge in [0, 0.05) is 6.04 Å². The lowest BCUT2D eigenvalue weighted by atomic mass is 9.98. The van der Waals surface area contributed by atoms with Gasteiger partial charge in [-0.05, 0) is 49.8 Å². The zero-order valence-corrected chi connectivity index (χ0v) is 11.7. The van der Waals surface area contributed by atoms with E-state index in [1.165, 1.54) is 17.1 Å². The average Bonchev–Trinajstić information content (AvgIpc) is 2.97. The van der Waals surface area contributed by atoms with E-state index in [9.17, 15) is 5.26 Å². The highest BCUT2D eigenvalue weighted by Gasteiger charge is 2.31. The summed E-state index contributed by atoms with van der Waals surface area (Å²) in [7, 11) is 0. The molecule has 0 saturated heterocycles. The second-order valence-electron chi connectivity index (χ2n) is 4.75. The van der Waals surface area contributed by atoms with Crippen LogP contribution in [0.5, 0.6) is 0 Å². The lowest BCUT2D eigenvalue weighted by molar-refractivity contribution is 0.412. The standard InChI is InChI=1S/C13H18N2S2/c1-13(10-14,15-11-5-6-11)7-3-9-17-12-4-2-8-16-12/h2,4,8,11,15H,3,5-7,9H2,1H3. The van der Waals surface area contributed by atoms with Gasteiger partial charge in [-0.25, -0.2) is 0 Å². The molecule has 1 fully saturated rings. The van der Waals surface area contributed by atoms with Crippen LogP contribution in [0.15, 0.2) is 21.7 Å². The molecule has 0 radical (unpaired) electrons. The van der Waals surface area contributed by atoms with Crippen molar-refractivity contribution in [3.63, 3.8) is 0 Å². The number of nitriles is 1. The van der Waals surface area contributed by atoms with Crippen molar-refractivity contribution >= 4 is 23.1 Å². The number of nitrogens with zero attached hydrogens (tertiary/aromatic N) is 1. The van der Waals surface area contributed by atoms with Crippen molar-refractivity contribution in [3.05, 3.63) is 17.5 Å². The third-order valence-corrected chi connectivity index (χ3v) is 5.12. The fourth-order valence-electron chi connectivity index (χ4n) is 1.78. The minimum Gasteiger partial charge on any atom is -0.297 e. The van der Waals surface area contributed by atoms with Gasteiger partial charge in [0.15, 0.2) is 0 Å². The lowest BCUT2D eigenvalue weighted by Crippen LogP contribution is -2.42. The monoisotopic (exact) mass is 266 g/mol. The van der Waals surface area contributed by atoms with Crippen molar-refractivity contribution in [2.24, 2.45) is 0 Å². The molecule has 1 aromatic heterocycles. The molecular weight excluding hydrogens is 248 g/mol. The summed E-state index contributed by atoms with van der Waals surface area (Å²) in [5, 5.41) is 14.8. The topological polar surface area (TPSA) is 35.8 Å². The van der Waals surface area contributed by atoms with Gasteiger partial charge in [0.1, 0.15) is 5.54 Å². The Hall–Kier alpha value is -0.500. The van der Waals surface area contributed by atoms with Crippen LogP contribution in [0.1, 0.15) is 32.6 Å². The van der Waals surface area contributed by atoms with Gasteiger partial charge in [-0.1, -0.05) is 6.07 Å². The molecule has 17 heavy (non-hydrogen) atoms. The van der Waals surface area contributed by atoms with Crippen LogP contribution in [0.4, 0.5) is 0 Å². The van der Waals surface area contributed by atoms with Gasteiger partial charge in [-0.2, -0.15) is 5.26 Å². The molecule has 0 spiro atoms. The number of thiophene rings is 1. The molecule has 1 N–H and O–H groups in total. The summed E-state index contributed by atoms with van der Waals surface area (Å²) in [6, 6.07) is 7.27. The van der Waals surface area contributed by atoms with Gasteiger partial charge in [0.05, 0.1) is 10.3 Å². The Bertz CT molecular complexity index is 379. The first kappa shape index (κ1) is 12.9. The molecule has 1 aliphatic carbocycles. The summed E-state index contributed by atoms with van der Waals surface area (Å²) in [4.78, 5) is 0. The van der Waals surface area contributed by atoms with Crippen molar-refractivity contribution in [1.82, 2.24) is 5.32 Å². The Morgan fingerprint density at radius 1 is 1.65 bits per heavy atom. The highest BCUT2D eigenvalue weighted by molar-refractivity contribution is 8.01. The van der Waals surface area contributed by atoms with E-state index in [4.69, 9.17) is 0 Å². The van der Waals surface area contributed by atoms with Crippen molar-refractivity contribution in [2.75, 3.05) is 5.75 Å². The molecule has 0 aromatic carbocycles. The van der Waals surface area contributed by atoms with Crippen LogP contribution in [0.25, 0.3) is 0 Å². The van der Waals surface area contributed by atoms with E-state index >= 15 is 0 Å². The summed E-state index contributed by atoms with van der Waals surface area (Å²) in [6.45, 7) is 2.03. The SMILES string of the molecule is CC(C#N)(CCCSc1cccs1)NC1CC1. The first-order chi connectivity index (χ1) is 8.22. The third kappa shape index (κ3) is 4.34. The zero-order chi connectivity index (χ0) is 12.1. The molecule has 0 aliphatic heterocycles. The van der Waals surface area contributed by atoms with Crippen molar-refractivity contribution in [3.8, 4) is 6.07 Å². The second-order valence-corrected chi connectivity index (χ2v) is 7.09. The molecule has 1 aliphatic rings. The molecule has 2 rings (SSSR count). The van der Waals surface area contributed by atoms with Crippen LogP contribution >= 0.6 is 23.1 Å². The van der Waals surface area contributed by atoms with Crippen LogP contribution in [0.3, 0.4) is 0 Å². The zero-order valence-electron chi connectivity index (χ0n) is 10.1. The molecule has 1 unspecified atom stereocenters. The Kier molecular flexibility index (Phi) is 4.49. The number of hydrogen-bond acceptors (Lipinski definition) is 4. The normalized spacial score (nSPS) is 18.6. The van der Waals surface area contributed by atoms with Gasteiger partial charge in [0.25, 0.3) is 0 Å².